The summed E-state index contributed by atoms with van der Waals surface area (Å²) >= 11 is 0. The van der Waals surface area contributed by atoms with E-state index in [1.54, 1.807) is 12.1 Å². The van der Waals surface area contributed by atoms with Gasteiger partial charge in [-0.25, -0.2) is 4.39 Å². The Morgan fingerprint density at radius 3 is 2.95 bits per heavy atom. The maximum absolute atomic E-state index is 12.4. The highest BCUT2D eigenvalue weighted by Crippen LogP contribution is 2.35. The first-order valence-corrected chi connectivity index (χ1v) is 6.78. The molecule has 2 N–H and O–H groups in total. The fraction of sp³-hybridized carbons (Fsp3) is 0.400. The van der Waals surface area contributed by atoms with Gasteiger partial charge in [-0.3, -0.25) is 4.79 Å². The zero-order valence-corrected chi connectivity index (χ0v) is 11.1. The van der Waals surface area contributed by atoms with E-state index in [1.807, 2.05) is 11.0 Å². The minimum absolute atomic E-state index is 0.111. The molecule has 0 radical (unpaired) electrons. The van der Waals surface area contributed by atoms with Crippen molar-refractivity contribution in [3.63, 3.8) is 0 Å². The zero-order valence-electron chi connectivity index (χ0n) is 11.1. The summed E-state index contributed by atoms with van der Waals surface area (Å²) in [4.78, 5) is 14.1. The lowest BCUT2D eigenvalue weighted by Crippen LogP contribution is -2.25. The third-order valence-corrected chi connectivity index (χ3v) is 3.74. The predicted molar refractivity (Wildman–Crippen MR) is 73.1 cm³/mol. The molecule has 0 unspecified atom stereocenters. The van der Waals surface area contributed by atoms with Crippen molar-refractivity contribution in [1.29, 1.82) is 0 Å². The van der Waals surface area contributed by atoms with Gasteiger partial charge in [-0.1, -0.05) is 0 Å². The van der Waals surface area contributed by atoms with Gasteiger partial charge in [-0.15, -0.1) is 0 Å². The first kappa shape index (κ1) is 13.1. The van der Waals surface area contributed by atoms with Gasteiger partial charge in [0, 0.05) is 30.3 Å². The van der Waals surface area contributed by atoms with Crippen molar-refractivity contribution < 1.29 is 13.9 Å². The smallest absolute Gasteiger partial charge is 0.254 e. The maximum Gasteiger partial charge on any atom is 0.254 e. The molecular weight excluding hydrogens is 259 g/mol. The molecule has 0 bridgehead atoms. The molecule has 1 aliphatic heterocycles. The molecule has 1 fully saturated rings. The molecule has 2 aliphatic rings. The molecule has 0 spiro atoms. The number of nitrogens with two attached hydrogens (primary N) is 1. The van der Waals surface area contributed by atoms with Crippen LogP contribution in [0.4, 0.5) is 4.39 Å². The Labute approximate surface area is 117 Å². The Hall–Kier alpha value is -1.88. The SMILES string of the molecule is NC/C(=C/F)COc1ccc2c(c1)CN(C1CC1)C2=O. The molecule has 20 heavy (non-hydrogen) atoms. The number of carbonyl (C=O) groups excluding carboxylic acids is 1. The van der Waals surface area contributed by atoms with Gasteiger partial charge in [-0.05, 0) is 36.6 Å². The molecule has 0 saturated heterocycles. The number of amides is 1. The van der Waals surface area contributed by atoms with E-state index in [1.165, 1.54) is 0 Å². The Balaban J connectivity index is 1.71. The van der Waals surface area contributed by atoms with Crippen molar-refractivity contribution in [3.8, 4) is 5.75 Å². The molecular formula is C15H17FN2O2. The van der Waals surface area contributed by atoms with Crippen LogP contribution in [-0.4, -0.2) is 30.0 Å². The second-order valence-corrected chi connectivity index (χ2v) is 5.24. The van der Waals surface area contributed by atoms with E-state index in [9.17, 15) is 9.18 Å². The number of ether oxygens (including phenoxy) is 1. The van der Waals surface area contributed by atoms with Crippen molar-refractivity contribution in [2.45, 2.75) is 25.4 Å². The molecule has 1 saturated carbocycles. The van der Waals surface area contributed by atoms with Gasteiger partial charge in [0.15, 0.2) is 0 Å². The van der Waals surface area contributed by atoms with Crippen molar-refractivity contribution in [1.82, 2.24) is 4.90 Å². The molecule has 4 nitrogen and oxygen atoms in total. The van der Waals surface area contributed by atoms with Crippen molar-refractivity contribution in [2.24, 2.45) is 5.73 Å². The number of halogens is 1. The largest absolute Gasteiger partial charge is 0.489 e. The molecule has 1 amide bonds. The van der Waals surface area contributed by atoms with Gasteiger partial charge in [0.25, 0.3) is 5.91 Å². The number of nitrogens with zero attached hydrogens (tertiary/aromatic N) is 1. The Morgan fingerprint density at radius 2 is 2.30 bits per heavy atom. The molecule has 0 atom stereocenters. The van der Waals surface area contributed by atoms with Gasteiger partial charge in [0.1, 0.15) is 12.4 Å². The number of carbonyl (C=O) groups is 1. The van der Waals surface area contributed by atoms with E-state index in [0.717, 1.165) is 24.0 Å². The lowest BCUT2D eigenvalue weighted by molar-refractivity contribution is 0.0766. The first-order chi connectivity index (χ1) is 9.72. The average Bonchev–Trinajstić information content (AvgIpc) is 3.25. The molecule has 1 aromatic carbocycles. The minimum Gasteiger partial charge on any atom is -0.489 e. The predicted octanol–water partition coefficient (Wildman–Crippen LogP) is 2.00. The maximum atomic E-state index is 12.4. The lowest BCUT2D eigenvalue weighted by Gasteiger charge is -2.13. The Bertz CT molecular complexity index is 567. The summed E-state index contributed by atoms with van der Waals surface area (Å²) in [6.07, 6.45) is 2.68. The number of benzene rings is 1. The number of hydrogen-bond acceptors (Lipinski definition) is 3. The zero-order chi connectivity index (χ0) is 14.1. The van der Waals surface area contributed by atoms with E-state index in [2.05, 4.69) is 0 Å². The van der Waals surface area contributed by atoms with E-state index >= 15 is 0 Å². The third-order valence-electron chi connectivity index (χ3n) is 3.74. The summed E-state index contributed by atoms with van der Waals surface area (Å²) in [6, 6.07) is 5.82. The quantitative estimate of drug-likeness (QED) is 0.895. The van der Waals surface area contributed by atoms with Crippen LogP contribution < -0.4 is 10.5 Å². The second-order valence-electron chi connectivity index (χ2n) is 5.24. The Morgan fingerprint density at radius 1 is 1.50 bits per heavy atom. The molecule has 106 valence electrons. The molecule has 5 heteroatoms. The highest BCUT2D eigenvalue weighted by atomic mass is 19.1. The standard InChI is InChI=1S/C15H17FN2O2/c16-6-10(7-17)9-20-13-3-4-14-11(5-13)8-18(15(14)19)12-1-2-12/h3-6,12H,1-2,7-9,17H2/b10-6-. The monoisotopic (exact) mass is 276 g/mol. The van der Waals surface area contributed by atoms with Crippen LogP contribution in [0, 0.1) is 0 Å². The van der Waals surface area contributed by atoms with E-state index in [4.69, 9.17) is 10.5 Å². The normalized spacial score (nSPS) is 18.4. The molecule has 1 aromatic rings. The van der Waals surface area contributed by atoms with Crippen LogP contribution in [0.5, 0.6) is 5.75 Å². The molecule has 3 rings (SSSR count). The van der Waals surface area contributed by atoms with E-state index in [0.29, 0.717) is 30.2 Å². The van der Waals surface area contributed by atoms with Crippen LogP contribution in [0.25, 0.3) is 0 Å². The number of hydrogen-bond donors (Lipinski definition) is 1. The lowest BCUT2D eigenvalue weighted by atomic mass is 10.1. The average molecular weight is 276 g/mol. The summed E-state index contributed by atoms with van der Waals surface area (Å²) in [7, 11) is 0. The third kappa shape index (κ3) is 2.41. The van der Waals surface area contributed by atoms with Gasteiger partial charge in [-0.2, -0.15) is 0 Å². The van der Waals surface area contributed by atoms with Crippen molar-refractivity contribution >= 4 is 5.91 Å². The number of fused-ring (bicyclic) bond motifs is 1. The van der Waals surface area contributed by atoms with Crippen LogP contribution in [0.3, 0.4) is 0 Å². The molecule has 1 aliphatic carbocycles. The summed E-state index contributed by atoms with van der Waals surface area (Å²) in [5.74, 6) is 0.752. The summed E-state index contributed by atoms with van der Waals surface area (Å²) in [5, 5.41) is 0. The van der Waals surface area contributed by atoms with Crippen LogP contribution in [-0.2, 0) is 6.54 Å². The summed E-state index contributed by atoms with van der Waals surface area (Å²) in [6.45, 7) is 0.917. The topological polar surface area (TPSA) is 55.6 Å². The second kappa shape index (κ2) is 5.25. The van der Waals surface area contributed by atoms with Gasteiger partial charge >= 0.3 is 0 Å². The summed E-state index contributed by atoms with van der Waals surface area (Å²) < 4.78 is 17.9. The van der Waals surface area contributed by atoms with Crippen molar-refractivity contribution in [3.05, 3.63) is 41.2 Å². The van der Waals surface area contributed by atoms with Crippen LogP contribution in [0.15, 0.2) is 30.1 Å². The summed E-state index contributed by atoms with van der Waals surface area (Å²) in [5.41, 5.74) is 7.52. The van der Waals surface area contributed by atoms with E-state index < -0.39 is 0 Å². The first-order valence-electron chi connectivity index (χ1n) is 6.78. The molecule has 0 aromatic heterocycles. The van der Waals surface area contributed by atoms with Gasteiger partial charge in [0.05, 0.1) is 6.33 Å². The van der Waals surface area contributed by atoms with Crippen LogP contribution in [0.2, 0.25) is 0 Å². The molecule has 1 heterocycles. The van der Waals surface area contributed by atoms with Crippen molar-refractivity contribution in [2.75, 3.05) is 13.2 Å². The van der Waals surface area contributed by atoms with Crippen LogP contribution in [0.1, 0.15) is 28.8 Å². The fourth-order valence-electron chi connectivity index (χ4n) is 2.40. The highest BCUT2D eigenvalue weighted by Gasteiger charge is 2.38. The van der Waals surface area contributed by atoms with Gasteiger partial charge in [0.2, 0.25) is 0 Å². The Kier molecular flexibility index (Phi) is 3.44. The fourth-order valence-corrected chi connectivity index (χ4v) is 2.40. The highest BCUT2D eigenvalue weighted by molar-refractivity contribution is 5.98. The van der Waals surface area contributed by atoms with E-state index in [-0.39, 0.29) is 19.1 Å². The minimum atomic E-state index is 0.111. The van der Waals surface area contributed by atoms with Gasteiger partial charge < -0.3 is 15.4 Å². The van der Waals surface area contributed by atoms with Crippen LogP contribution >= 0.6 is 0 Å². The number of rotatable bonds is 5.